The highest BCUT2D eigenvalue weighted by molar-refractivity contribution is 7.98. The van der Waals surface area contributed by atoms with Crippen molar-refractivity contribution in [3.05, 3.63) is 64.8 Å². The fourth-order valence-corrected chi connectivity index (χ4v) is 2.59. The number of nitrogens with one attached hydrogen (secondary N) is 1. The summed E-state index contributed by atoms with van der Waals surface area (Å²) in [6.45, 7) is 0. The summed E-state index contributed by atoms with van der Waals surface area (Å²) in [6.07, 6.45) is 2.38. The van der Waals surface area contributed by atoms with Gasteiger partial charge in [-0.3, -0.25) is 5.10 Å². The normalized spacial score (nSPS) is 10.8. The molecule has 20 heavy (non-hydrogen) atoms. The number of H-pyrrole nitrogens is 1. The number of benzene rings is 1. The molecular formula is C14H12ClN3OS. The molecule has 0 atom stereocenters. The first-order valence-electron chi connectivity index (χ1n) is 6.10. The molecule has 0 radical (unpaired) electrons. The van der Waals surface area contributed by atoms with Crippen LogP contribution in [0.15, 0.2) is 52.2 Å². The average Bonchev–Trinajstić information content (AvgIpc) is 3.10. The Balaban J connectivity index is 1.60. The number of thioether (sulfide) groups is 1. The Morgan fingerprint density at radius 2 is 2.05 bits per heavy atom. The molecule has 102 valence electrons. The van der Waals surface area contributed by atoms with Gasteiger partial charge in [0.25, 0.3) is 0 Å². The van der Waals surface area contributed by atoms with E-state index >= 15 is 0 Å². The molecule has 3 rings (SSSR count). The van der Waals surface area contributed by atoms with Crippen molar-refractivity contribution in [3.8, 4) is 0 Å². The molecule has 3 aromatic rings. The van der Waals surface area contributed by atoms with Crippen molar-refractivity contribution < 1.29 is 4.42 Å². The molecular weight excluding hydrogens is 294 g/mol. The molecule has 1 aromatic carbocycles. The highest BCUT2D eigenvalue weighted by Crippen LogP contribution is 2.20. The molecule has 0 bridgehead atoms. The third-order valence-corrected chi connectivity index (χ3v) is 3.84. The number of rotatable bonds is 5. The lowest BCUT2D eigenvalue weighted by Gasteiger charge is -1.97. The van der Waals surface area contributed by atoms with Gasteiger partial charge < -0.3 is 4.42 Å². The van der Waals surface area contributed by atoms with E-state index in [9.17, 15) is 0 Å². The zero-order valence-corrected chi connectivity index (χ0v) is 12.1. The van der Waals surface area contributed by atoms with Crippen LogP contribution in [0.3, 0.4) is 0 Å². The van der Waals surface area contributed by atoms with E-state index in [1.165, 1.54) is 0 Å². The van der Waals surface area contributed by atoms with Gasteiger partial charge in [-0.1, -0.05) is 35.5 Å². The number of hydrogen-bond acceptors (Lipinski definition) is 4. The zero-order valence-electron chi connectivity index (χ0n) is 10.5. The number of aromatic nitrogens is 3. The Labute approximate surface area is 125 Å². The van der Waals surface area contributed by atoms with Gasteiger partial charge in [-0.2, -0.15) is 0 Å². The lowest BCUT2D eigenvalue weighted by molar-refractivity contribution is 0.530. The molecule has 2 aromatic heterocycles. The van der Waals surface area contributed by atoms with Crippen molar-refractivity contribution >= 4 is 23.4 Å². The molecule has 0 fully saturated rings. The average molecular weight is 306 g/mol. The molecule has 0 aliphatic carbocycles. The van der Waals surface area contributed by atoms with Crippen molar-refractivity contribution in [2.75, 3.05) is 0 Å². The maximum Gasteiger partial charge on any atom is 0.208 e. The minimum absolute atomic E-state index is 0.714. The molecule has 0 spiro atoms. The minimum Gasteiger partial charge on any atom is -0.468 e. The van der Waals surface area contributed by atoms with Crippen LogP contribution in [0, 0.1) is 0 Å². The third-order valence-electron chi connectivity index (χ3n) is 2.72. The van der Waals surface area contributed by atoms with Gasteiger partial charge in [-0.15, -0.1) is 5.10 Å². The maximum absolute atomic E-state index is 5.86. The highest BCUT2D eigenvalue weighted by Gasteiger charge is 2.06. The predicted octanol–water partition coefficient (Wildman–Crippen LogP) is 3.93. The molecule has 6 heteroatoms. The second-order valence-corrected chi connectivity index (χ2v) is 5.61. The molecule has 0 aliphatic rings. The van der Waals surface area contributed by atoms with E-state index in [0.29, 0.717) is 6.42 Å². The van der Waals surface area contributed by atoms with E-state index in [4.69, 9.17) is 16.0 Å². The Bertz CT molecular complexity index is 664. The Morgan fingerprint density at radius 1 is 1.20 bits per heavy atom. The summed E-state index contributed by atoms with van der Waals surface area (Å²) >= 11 is 7.40. The van der Waals surface area contributed by atoms with Crippen molar-refractivity contribution in [1.82, 2.24) is 15.2 Å². The summed E-state index contributed by atoms with van der Waals surface area (Å²) in [4.78, 5) is 4.45. The van der Waals surface area contributed by atoms with Gasteiger partial charge in [-0.05, 0) is 29.8 Å². The molecule has 0 aliphatic heterocycles. The van der Waals surface area contributed by atoms with Crippen molar-refractivity contribution in [3.63, 3.8) is 0 Å². The summed E-state index contributed by atoms with van der Waals surface area (Å²) in [7, 11) is 0. The SMILES string of the molecule is Clc1ccc(Cc2nc(SCc3ccco3)n[nH]2)cc1. The van der Waals surface area contributed by atoms with Crippen molar-refractivity contribution in [2.45, 2.75) is 17.3 Å². The number of halogens is 1. The van der Waals surface area contributed by atoms with Crippen LogP contribution in [-0.4, -0.2) is 15.2 Å². The zero-order chi connectivity index (χ0) is 13.8. The molecule has 0 amide bonds. The number of nitrogens with zero attached hydrogens (tertiary/aromatic N) is 2. The second kappa shape index (κ2) is 6.15. The smallest absolute Gasteiger partial charge is 0.208 e. The topological polar surface area (TPSA) is 54.7 Å². The molecule has 0 saturated carbocycles. The van der Waals surface area contributed by atoms with Gasteiger partial charge in [-0.25, -0.2) is 4.98 Å². The van der Waals surface area contributed by atoms with Crippen LogP contribution >= 0.6 is 23.4 Å². The van der Waals surface area contributed by atoms with E-state index < -0.39 is 0 Å². The molecule has 1 N–H and O–H groups in total. The predicted molar refractivity (Wildman–Crippen MR) is 78.9 cm³/mol. The van der Waals surface area contributed by atoms with Crippen LogP contribution in [0.1, 0.15) is 17.1 Å². The van der Waals surface area contributed by atoms with Crippen LogP contribution in [0.5, 0.6) is 0 Å². The summed E-state index contributed by atoms with van der Waals surface area (Å²) in [5, 5.41) is 8.61. The quantitative estimate of drug-likeness (QED) is 0.726. The first-order chi connectivity index (χ1) is 9.79. The van der Waals surface area contributed by atoms with Crippen LogP contribution in [-0.2, 0) is 12.2 Å². The largest absolute Gasteiger partial charge is 0.468 e. The standard InChI is InChI=1S/C14H12ClN3OS/c15-11-5-3-10(4-6-11)8-13-16-14(18-17-13)20-9-12-2-1-7-19-12/h1-7H,8-9H2,(H,16,17,18). The first-order valence-corrected chi connectivity index (χ1v) is 7.47. The molecule has 0 saturated heterocycles. The minimum atomic E-state index is 0.714. The number of hydrogen-bond donors (Lipinski definition) is 1. The summed E-state index contributed by atoms with van der Waals surface area (Å²) in [5.41, 5.74) is 1.15. The van der Waals surface area contributed by atoms with E-state index in [0.717, 1.165) is 33.1 Å². The lowest BCUT2D eigenvalue weighted by atomic mass is 10.1. The van der Waals surface area contributed by atoms with Gasteiger partial charge in [0.05, 0.1) is 12.0 Å². The summed E-state index contributed by atoms with van der Waals surface area (Å²) in [6, 6.07) is 11.5. The van der Waals surface area contributed by atoms with Crippen LogP contribution in [0.4, 0.5) is 0 Å². The van der Waals surface area contributed by atoms with Crippen LogP contribution in [0.25, 0.3) is 0 Å². The van der Waals surface area contributed by atoms with Gasteiger partial charge in [0.1, 0.15) is 11.6 Å². The molecule has 0 unspecified atom stereocenters. The fraction of sp³-hybridized carbons (Fsp3) is 0.143. The van der Waals surface area contributed by atoms with E-state index in [1.807, 2.05) is 36.4 Å². The number of aromatic amines is 1. The van der Waals surface area contributed by atoms with Crippen LogP contribution in [0.2, 0.25) is 5.02 Å². The van der Waals surface area contributed by atoms with Gasteiger partial charge in [0.2, 0.25) is 5.16 Å². The lowest BCUT2D eigenvalue weighted by Crippen LogP contribution is -1.90. The van der Waals surface area contributed by atoms with Gasteiger partial charge in [0, 0.05) is 11.4 Å². The summed E-state index contributed by atoms with van der Waals surface area (Å²) in [5.74, 6) is 2.49. The second-order valence-electron chi connectivity index (χ2n) is 4.24. The highest BCUT2D eigenvalue weighted by atomic mass is 35.5. The Hall–Kier alpha value is -1.72. The van der Waals surface area contributed by atoms with Gasteiger partial charge >= 0.3 is 0 Å². The van der Waals surface area contributed by atoms with E-state index in [-0.39, 0.29) is 0 Å². The van der Waals surface area contributed by atoms with Gasteiger partial charge in [0.15, 0.2) is 0 Å². The maximum atomic E-state index is 5.86. The third kappa shape index (κ3) is 3.43. The van der Waals surface area contributed by atoms with Crippen molar-refractivity contribution in [1.29, 1.82) is 0 Å². The Kier molecular flexibility index (Phi) is 4.08. The monoisotopic (exact) mass is 305 g/mol. The first kappa shape index (κ1) is 13.3. The molecule has 2 heterocycles. The van der Waals surface area contributed by atoms with E-state index in [1.54, 1.807) is 18.0 Å². The summed E-state index contributed by atoms with van der Waals surface area (Å²) < 4.78 is 5.27. The van der Waals surface area contributed by atoms with E-state index in [2.05, 4.69) is 15.2 Å². The number of furan rings is 1. The fourth-order valence-electron chi connectivity index (χ4n) is 1.75. The van der Waals surface area contributed by atoms with Crippen LogP contribution < -0.4 is 0 Å². The Morgan fingerprint density at radius 3 is 2.80 bits per heavy atom. The van der Waals surface area contributed by atoms with Crippen molar-refractivity contribution in [2.24, 2.45) is 0 Å². The molecule has 4 nitrogen and oxygen atoms in total.